The molecule has 0 saturated carbocycles. The number of benzene rings is 3. The van der Waals surface area contributed by atoms with Crippen molar-refractivity contribution < 1.29 is 17.9 Å². The van der Waals surface area contributed by atoms with Crippen LogP contribution in [0.5, 0.6) is 5.75 Å². The van der Waals surface area contributed by atoms with Gasteiger partial charge in [-0.2, -0.15) is 0 Å². The fraction of sp³-hybridized carbons (Fsp3) is 0.200. The molecule has 0 aliphatic rings. The summed E-state index contributed by atoms with van der Waals surface area (Å²) in [5, 5.41) is 0. The summed E-state index contributed by atoms with van der Waals surface area (Å²) in [4.78, 5) is 0. The molecule has 29 heavy (non-hydrogen) atoms. The Kier molecular flexibility index (Phi) is 6.76. The van der Waals surface area contributed by atoms with Gasteiger partial charge >= 0.3 is 0 Å². The van der Waals surface area contributed by atoms with Crippen LogP contribution in [0.4, 0.5) is 13.2 Å². The summed E-state index contributed by atoms with van der Waals surface area (Å²) < 4.78 is 48.4. The van der Waals surface area contributed by atoms with Crippen LogP contribution < -0.4 is 4.74 Å². The van der Waals surface area contributed by atoms with Crippen molar-refractivity contribution in [2.24, 2.45) is 0 Å². The molecule has 0 saturated heterocycles. The van der Waals surface area contributed by atoms with Crippen molar-refractivity contribution in [3.05, 3.63) is 89.8 Å². The van der Waals surface area contributed by atoms with Crippen molar-refractivity contribution in [1.82, 2.24) is 0 Å². The average Bonchev–Trinajstić information content (AvgIpc) is 2.71. The van der Waals surface area contributed by atoms with Gasteiger partial charge in [-0.3, -0.25) is 0 Å². The van der Waals surface area contributed by atoms with E-state index in [9.17, 15) is 13.2 Å². The predicted octanol–water partition coefficient (Wildman–Crippen LogP) is 7.35. The highest BCUT2D eigenvalue weighted by atomic mass is 19.1. The molecule has 0 bridgehead atoms. The van der Waals surface area contributed by atoms with Crippen LogP contribution in [0.25, 0.3) is 22.3 Å². The summed E-state index contributed by atoms with van der Waals surface area (Å²) >= 11 is 0. The lowest BCUT2D eigenvalue weighted by molar-refractivity contribution is 0.320. The van der Waals surface area contributed by atoms with Gasteiger partial charge in [-0.05, 0) is 53.8 Å². The number of hydrogen-bond acceptors (Lipinski definition) is 1. The van der Waals surface area contributed by atoms with Crippen LogP contribution in [0.1, 0.15) is 25.8 Å². The van der Waals surface area contributed by atoms with Crippen LogP contribution >= 0.6 is 0 Å². The van der Waals surface area contributed by atoms with Crippen LogP contribution in [0.2, 0.25) is 0 Å². The predicted molar refractivity (Wildman–Crippen MR) is 111 cm³/mol. The molecule has 3 aromatic carbocycles. The van der Waals surface area contributed by atoms with Crippen molar-refractivity contribution in [2.45, 2.75) is 26.7 Å². The molecule has 0 radical (unpaired) electrons. The van der Waals surface area contributed by atoms with E-state index in [0.29, 0.717) is 5.56 Å². The van der Waals surface area contributed by atoms with E-state index in [-0.39, 0.29) is 17.7 Å². The number of ether oxygens (including phenoxy) is 1. The van der Waals surface area contributed by atoms with Gasteiger partial charge in [0, 0.05) is 5.56 Å². The van der Waals surface area contributed by atoms with E-state index in [0.717, 1.165) is 30.5 Å². The zero-order chi connectivity index (χ0) is 20.8. The van der Waals surface area contributed by atoms with Crippen molar-refractivity contribution >= 4 is 0 Å². The van der Waals surface area contributed by atoms with Crippen molar-refractivity contribution in [3.8, 4) is 28.0 Å². The van der Waals surface area contributed by atoms with Crippen LogP contribution in [0.3, 0.4) is 0 Å². The maximum absolute atomic E-state index is 14.7. The Morgan fingerprint density at radius 3 is 2.00 bits per heavy atom. The molecule has 0 aromatic heterocycles. The molecular weight excluding hydrogens is 373 g/mol. The van der Waals surface area contributed by atoms with E-state index in [2.05, 4.69) is 6.92 Å². The molecule has 0 unspecified atom stereocenters. The smallest absolute Gasteiger partial charge is 0.191 e. The summed E-state index contributed by atoms with van der Waals surface area (Å²) in [7, 11) is 0. The molecule has 0 fully saturated rings. The molecule has 0 atom stereocenters. The minimum Gasteiger partial charge on any atom is -0.483 e. The SMILES string of the molecule is CC=CCOc1c(F)cc(-c2ccc(-c3ccc(CCC)cc3)cc2F)cc1F. The molecule has 1 nitrogen and oxygen atoms in total. The second-order valence-electron chi connectivity index (χ2n) is 6.79. The molecule has 0 aliphatic carbocycles. The minimum absolute atomic E-state index is 0.0593. The van der Waals surface area contributed by atoms with Gasteiger partial charge in [-0.25, -0.2) is 13.2 Å². The normalized spacial score (nSPS) is 11.2. The van der Waals surface area contributed by atoms with Gasteiger partial charge < -0.3 is 4.74 Å². The highest BCUT2D eigenvalue weighted by molar-refractivity contribution is 5.71. The van der Waals surface area contributed by atoms with Crippen molar-refractivity contribution in [2.75, 3.05) is 6.61 Å². The first-order chi connectivity index (χ1) is 14.0. The maximum atomic E-state index is 14.7. The van der Waals surface area contributed by atoms with E-state index in [1.54, 1.807) is 31.2 Å². The first-order valence-electron chi connectivity index (χ1n) is 9.65. The zero-order valence-corrected chi connectivity index (χ0v) is 16.5. The van der Waals surface area contributed by atoms with Crippen LogP contribution in [-0.2, 0) is 6.42 Å². The Bertz CT molecular complexity index is 984. The number of rotatable bonds is 7. The third kappa shape index (κ3) is 4.89. The minimum atomic E-state index is -0.862. The lowest BCUT2D eigenvalue weighted by atomic mass is 9.98. The van der Waals surface area contributed by atoms with E-state index in [1.165, 1.54) is 11.6 Å². The first-order valence-corrected chi connectivity index (χ1v) is 9.65. The number of halogens is 3. The van der Waals surface area contributed by atoms with E-state index in [4.69, 9.17) is 4.74 Å². The van der Waals surface area contributed by atoms with Gasteiger partial charge in [-0.1, -0.05) is 61.9 Å². The van der Waals surface area contributed by atoms with E-state index in [1.807, 2.05) is 24.3 Å². The number of aryl methyl sites for hydroxylation is 1. The summed E-state index contributed by atoms with van der Waals surface area (Å²) in [6, 6.07) is 14.8. The number of hydrogen-bond donors (Lipinski definition) is 0. The Morgan fingerprint density at radius 2 is 1.41 bits per heavy atom. The Morgan fingerprint density at radius 1 is 0.793 bits per heavy atom. The Labute approximate surface area is 169 Å². The quantitative estimate of drug-likeness (QED) is 0.380. The van der Waals surface area contributed by atoms with Crippen molar-refractivity contribution in [1.29, 1.82) is 0 Å². The summed E-state index contributed by atoms with van der Waals surface area (Å²) in [5.41, 5.74) is 3.09. The third-order valence-electron chi connectivity index (χ3n) is 4.66. The molecule has 0 aliphatic heterocycles. The molecule has 150 valence electrons. The fourth-order valence-corrected chi connectivity index (χ4v) is 3.16. The van der Waals surface area contributed by atoms with Crippen LogP contribution in [-0.4, -0.2) is 6.61 Å². The van der Waals surface area contributed by atoms with Crippen LogP contribution in [0, 0.1) is 17.5 Å². The summed E-state index contributed by atoms with van der Waals surface area (Å²) in [6.45, 7) is 3.96. The molecule has 3 aromatic rings. The second kappa shape index (κ2) is 9.46. The van der Waals surface area contributed by atoms with Gasteiger partial charge in [0.2, 0.25) is 0 Å². The fourth-order valence-electron chi connectivity index (χ4n) is 3.16. The van der Waals surface area contributed by atoms with Gasteiger partial charge in [-0.15, -0.1) is 0 Å². The average molecular weight is 396 g/mol. The monoisotopic (exact) mass is 396 g/mol. The largest absolute Gasteiger partial charge is 0.483 e. The standard InChI is InChI=1S/C25H23F3O/c1-3-5-13-29-25-23(27)15-20(16-24(25)28)21-12-11-19(14-22(21)26)18-9-7-17(6-4-2)8-10-18/h3,5,7-12,14-16H,4,6,13H2,1-2H3. The lowest BCUT2D eigenvalue weighted by Gasteiger charge is -2.11. The van der Waals surface area contributed by atoms with Crippen LogP contribution in [0.15, 0.2) is 66.7 Å². The second-order valence-corrected chi connectivity index (χ2v) is 6.79. The van der Waals surface area contributed by atoms with E-state index < -0.39 is 23.2 Å². The zero-order valence-electron chi connectivity index (χ0n) is 16.5. The molecule has 0 spiro atoms. The molecule has 4 heteroatoms. The Balaban J connectivity index is 1.88. The summed E-state index contributed by atoms with van der Waals surface area (Å²) in [6.07, 6.45) is 5.42. The highest BCUT2D eigenvalue weighted by Crippen LogP contribution is 2.32. The third-order valence-corrected chi connectivity index (χ3v) is 4.66. The molecule has 0 N–H and O–H groups in total. The molecular formula is C25H23F3O. The van der Waals surface area contributed by atoms with Gasteiger partial charge in [0.1, 0.15) is 12.4 Å². The van der Waals surface area contributed by atoms with Gasteiger partial charge in [0.05, 0.1) is 0 Å². The lowest BCUT2D eigenvalue weighted by Crippen LogP contribution is -2.00. The maximum Gasteiger partial charge on any atom is 0.191 e. The Hall–Kier alpha value is -3.01. The number of allylic oxidation sites excluding steroid dienone is 1. The van der Waals surface area contributed by atoms with Gasteiger partial charge in [0.25, 0.3) is 0 Å². The topological polar surface area (TPSA) is 9.23 Å². The van der Waals surface area contributed by atoms with Gasteiger partial charge in [0.15, 0.2) is 17.4 Å². The first kappa shape index (κ1) is 20.7. The van der Waals surface area contributed by atoms with Crippen molar-refractivity contribution in [3.63, 3.8) is 0 Å². The molecule has 0 heterocycles. The molecule has 3 rings (SSSR count). The highest BCUT2D eigenvalue weighted by Gasteiger charge is 2.16. The molecule has 0 amide bonds. The summed E-state index contributed by atoms with van der Waals surface area (Å²) in [5.74, 6) is -2.73. The van der Waals surface area contributed by atoms with E-state index >= 15 is 0 Å².